The predicted molar refractivity (Wildman–Crippen MR) is 71.1 cm³/mol. The molecule has 1 aromatic carbocycles. The normalized spacial score (nSPS) is 17.1. The van der Waals surface area contributed by atoms with Gasteiger partial charge in [0.2, 0.25) is 16.1 Å². The van der Waals surface area contributed by atoms with Gasteiger partial charge < -0.3 is 0 Å². The highest BCUT2D eigenvalue weighted by Crippen LogP contribution is 2.22. The Bertz CT molecular complexity index is 662. The van der Waals surface area contributed by atoms with Gasteiger partial charge in [-0.2, -0.15) is 9.57 Å². The fraction of sp³-hybridized carbons (Fsp3) is 0.385. The van der Waals surface area contributed by atoms with Crippen molar-refractivity contribution in [3.8, 4) is 6.07 Å². The van der Waals surface area contributed by atoms with Gasteiger partial charge in [-0.15, -0.1) is 0 Å². The molecule has 1 aliphatic heterocycles. The molecular weight excluding hydrogens is 278 g/mol. The molecular formula is C13H13N3O3S. The number of nitrogens with zero attached hydrogens (tertiary/aromatic N) is 3. The Kier molecular flexibility index (Phi) is 4.30. The molecule has 6 nitrogen and oxygen atoms in total. The van der Waals surface area contributed by atoms with E-state index in [0.29, 0.717) is 31.5 Å². The van der Waals surface area contributed by atoms with E-state index < -0.39 is 10.0 Å². The van der Waals surface area contributed by atoms with Crippen LogP contribution in [0, 0.1) is 11.3 Å². The number of carbonyl (C=O) groups excluding carboxylic acids is 1. The highest BCUT2D eigenvalue weighted by atomic mass is 32.2. The number of piperidine rings is 1. The van der Waals surface area contributed by atoms with Gasteiger partial charge >= 0.3 is 0 Å². The summed E-state index contributed by atoms with van der Waals surface area (Å²) in [6.45, 7) is 0.663. The Morgan fingerprint density at radius 1 is 1.20 bits per heavy atom. The lowest BCUT2D eigenvalue weighted by Crippen LogP contribution is -2.39. The summed E-state index contributed by atoms with van der Waals surface area (Å²) in [5, 5.41) is 8.71. The zero-order valence-electron chi connectivity index (χ0n) is 10.7. The van der Waals surface area contributed by atoms with Gasteiger partial charge in [0.1, 0.15) is 0 Å². The molecule has 1 saturated heterocycles. The van der Waals surface area contributed by atoms with Gasteiger partial charge in [-0.05, 0) is 37.1 Å². The molecule has 0 radical (unpaired) electrons. The van der Waals surface area contributed by atoms with Crippen LogP contribution in [0.1, 0.15) is 18.4 Å². The molecule has 0 aromatic heterocycles. The molecule has 0 spiro atoms. The molecule has 0 N–H and O–H groups in total. The first-order chi connectivity index (χ1) is 9.57. The number of rotatable bonds is 3. The summed E-state index contributed by atoms with van der Waals surface area (Å²) >= 11 is 0. The fourth-order valence-corrected chi connectivity index (χ4v) is 3.61. The second-order valence-corrected chi connectivity index (χ2v) is 6.43. The van der Waals surface area contributed by atoms with Crippen molar-refractivity contribution in [1.29, 1.82) is 5.26 Å². The highest BCUT2D eigenvalue weighted by Gasteiger charge is 2.29. The van der Waals surface area contributed by atoms with Crippen LogP contribution in [0.3, 0.4) is 0 Å². The van der Waals surface area contributed by atoms with E-state index in [9.17, 15) is 13.2 Å². The van der Waals surface area contributed by atoms with Crippen LogP contribution in [0.15, 0.2) is 34.2 Å². The molecule has 0 saturated carbocycles. The first kappa shape index (κ1) is 14.4. The van der Waals surface area contributed by atoms with Crippen LogP contribution in [0.25, 0.3) is 0 Å². The van der Waals surface area contributed by atoms with Gasteiger partial charge in [0.25, 0.3) is 0 Å². The van der Waals surface area contributed by atoms with Crippen molar-refractivity contribution >= 4 is 16.1 Å². The van der Waals surface area contributed by atoms with Gasteiger partial charge in [-0.3, -0.25) is 0 Å². The summed E-state index contributed by atoms with van der Waals surface area (Å²) < 4.78 is 26.2. The Hall–Kier alpha value is -2.00. The second-order valence-electron chi connectivity index (χ2n) is 4.49. The lowest BCUT2D eigenvalue weighted by molar-refractivity contribution is 0.320. The number of isocyanates is 1. The highest BCUT2D eigenvalue weighted by molar-refractivity contribution is 7.89. The topological polar surface area (TPSA) is 90.6 Å². The molecule has 0 aliphatic carbocycles. The SMILES string of the molecule is N#Cc1ccc(S(=O)(=O)N2CCC(N=C=O)CC2)cc1. The molecule has 0 bridgehead atoms. The van der Waals surface area contributed by atoms with E-state index in [2.05, 4.69) is 4.99 Å². The van der Waals surface area contributed by atoms with Gasteiger partial charge in [0.05, 0.1) is 22.6 Å². The summed E-state index contributed by atoms with van der Waals surface area (Å²) in [6, 6.07) is 7.64. The minimum atomic E-state index is -3.54. The third kappa shape index (κ3) is 2.94. The van der Waals surface area contributed by atoms with Crippen LogP contribution < -0.4 is 0 Å². The van der Waals surface area contributed by atoms with Crippen molar-refractivity contribution in [2.75, 3.05) is 13.1 Å². The summed E-state index contributed by atoms with van der Waals surface area (Å²) in [6.07, 6.45) is 2.55. The van der Waals surface area contributed by atoms with E-state index in [-0.39, 0.29) is 10.9 Å². The maximum atomic E-state index is 12.4. The van der Waals surface area contributed by atoms with E-state index in [1.165, 1.54) is 34.7 Å². The number of benzene rings is 1. The predicted octanol–water partition coefficient (Wildman–Crippen LogP) is 1.05. The number of hydrogen-bond donors (Lipinski definition) is 0. The molecule has 0 amide bonds. The Balaban J connectivity index is 2.15. The van der Waals surface area contributed by atoms with E-state index in [1.807, 2.05) is 6.07 Å². The zero-order valence-corrected chi connectivity index (χ0v) is 11.5. The smallest absolute Gasteiger partial charge is 0.211 e. The number of aliphatic imine (C=N–C) groups is 1. The molecule has 1 aromatic rings. The average Bonchev–Trinajstić information content (AvgIpc) is 2.48. The van der Waals surface area contributed by atoms with Gasteiger partial charge in [0.15, 0.2) is 0 Å². The third-order valence-electron chi connectivity index (χ3n) is 3.28. The largest absolute Gasteiger partial charge is 0.243 e. The molecule has 2 rings (SSSR count). The summed E-state index contributed by atoms with van der Waals surface area (Å²) in [7, 11) is -3.54. The first-order valence-corrected chi connectivity index (χ1v) is 7.59. The molecule has 1 fully saturated rings. The number of nitriles is 1. The van der Waals surface area contributed by atoms with E-state index in [1.54, 1.807) is 0 Å². The summed E-state index contributed by atoms with van der Waals surface area (Å²) in [5.74, 6) is 0. The van der Waals surface area contributed by atoms with Crippen LogP contribution in [0.5, 0.6) is 0 Å². The zero-order chi connectivity index (χ0) is 14.6. The molecule has 0 atom stereocenters. The molecule has 104 valence electrons. The Morgan fingerprint density at radius 3 is 2.30 bits per heavy atom. The Morgan fingerprint density at radius 2 is 1.80 bits per heavy atom. The van der Waals surface area contributed by atoms with Crippen molar-refractivity contribution in [2.24, 2.45) is 4.99 Å². The van der Waals surface area contributed by atoms with Crippen molar-refractivity contribution in [3.05, 3.63) is 29.8 Å². The van der Waals surface area contributed by atoms with E-state index >= 15 is 0 Å². The second kappa shape index (κ2) is 5.97. The van der Waals surface area contributed by atoms with Crippen molar-refractivity contribution < 1.29 is 13.2 Å². The minimum Gasteiger partial charge on any atom is -0.211 e. The molecule has 0 unspecified atom stereocenters. The third-order valence-corrected chi connectivity index (χ3v) is 5.19. The average molecular weight is 291 g/mol. The number of sulfonamides is 1. The van der Waals surface area contributed by atoms with Gasteiger partial charge in [-0.1, -0.05) is 0 Å². The van der Waals surface area contributed by atoms with Crippen molar-refractivity contribution in [1.82, 2.24) is 4.31 Å². The lowest BCUT2D eigenvalue weighted by atomic mass is 10.1. The fourth-order valence-electron chi connectivity index (χ4n) is 2.14. The van der Waals surface area contributed by atoms with E-state index in [4.69, 9.17) is 5.26 Å². The van der Waals surface area contributed by atoms with Crippen LogP contribution in [0.4, 0.5) is 0 Å². The standard InChI is InChI=1S/C13H13N3O3S/c14-9-11-1-3-13(4-2-11)20(18,19)16-7-5-12(6-8-16)15-10-17/h1-4,12H,5-8H2. The van der Waals surface area contributed by atoms with Gasteiger partial charge in [-0.25, -0.2) is 18.2 Å². The maximum Gasteiger partial charge on any atom is 0.243 e. The monoisotopic (exact) mass is 291 g/mol. The Labute approximate surface area is 117 Å². The minimum absolute atomic E-state index is 0.139. The number of hydrogen-bond acceptors (Lipinski definition) is 5. The van der Waals surface area contributed by atoms with Crippen LogP contribution in [-0.2, 0) is 14.8 Å². The summed E-state index contributed by atoms with van der Waals surface area (Å²) in [4.78, 5) is 14.0. The van der Waals surface area contributed by atoms with Gasteiger partial charge in [0, 0.05) is 13.1 Å². The first-order valence-electron chi connectivity index (χ1n) is 6.15. The van der Waals surface area contributed by atoms with E-state index in [0.717, 1.165) is 0 Å². The molecule has 20 heavy (non-hydrogen) atoms. The summed E-state index contributed by atoms with van der Waals surface area (Å²) in [5.41, 5.74) is 0.419. The lowest BCUT2D eigenvalue weighted by Gasteiger charge is -2.28. The molecule has 1 aliphatic rings. The van der Waals surface area contributed by atoms with Crippen molar-refractivity contribution in [3.63, 3.8) is 0 Å². The van der Waals surface area contributed by atoms with Crippen LogP contribution >= 0.6 is 0 Å². The quantitative estimate of drug-likeness (QED) is 0.614. The van der Waals surface area contributed by atoms with Crippen molar-refractivity contribution in [2.45, 2.75) is 23.8 Å². The maximum absolute atomic E-state index is 12.4. The van der Waals surface area contributed by atoms with Crippen LogP contribution in [0.2, 0.25) is 0 Å². The van der Waals surface area contributed by atoms with Crippen LogP contribution in [-0.4, -0.2) is 37.9 Å². The molecule has 1 heterocycles. The molecule has 7 heteroatoms.